The predicted molar refractivity (Wildman–Crippen MR) is 141 cm³/mol. The number of halogens is 3. The number of nitrogens with zero attached hydrogens (tertiary/aromatic N) is 1. The molecule has 4 aromatic carbocycles. The summed E-state index contributed by atoms with van der Waals surface area (Å²) in [6, 6.07) is 23.0. The van der Waals surface area contributed by atoms with Gasteiger partial charge in [0.1, 0.15) is 17.4 Å². The summed E-state index contributed by atoms with van der Waals surface area (Å²) in [6.07, 6.45) is 0. The van der Waals surface area contributed by atoms with Crippen LogP contribution >= 0.6 is 11.6 Å². The van der Waals surface area contributed by atoms with Gasteiger partial charge in [-0.2, -0.15) is 0 Å². The van der Waals surface area contributed by atoms with Crippen LogP contribution < -0.4 is 10.1 Å². The molecule has 0 spiro atoms. The van der Waals surface area contributed by atoms with E-state index in [2.05, 4.69) is 5.32 Å². The van der Waals surface area contributed by atoms with Crippen LogP contribution in [0.5, 0.6) is 5.75 Å². The van der Waals surface area contributed by atoms with E-state index in [1.54, 1.807) is 60.5 Å². The zero-order valence-electron chi connectivity index (χ0n) is 20.3. The average molecular weight is 533 g/mol. The zero-order valence-corrected chi connectivity index (χ0v) is 21.1. The molecule has 1 N–H and O–H groups in total. The van der Waals surface area contributed by atoms with Gasteiger partial charge in [-0.15, -0.1) is 0 Å². The van der Waals surface area contributed by atoms with Gasteiger partial charge in [-0.05, 0) is 65.2 Å². The SMILES string of the molecule is COc1ccc([C@@H]2[C@H](C(=O)Nc3ccc(F)cc3Cl)c3ccccc3C(=O)N2Cc2ccc(F)cc2)cc1. The Labute approximate surface area is 223 Å². The van der Waals surface area contributed by atoms with E-state index in [1.165, 1.54) is 24.3 Å². The number of hydrogen-bond acceptors (Lipinski definition) is 3. The number of benzene rings is 4. The van der Waals surface area contributed by atoms with Gasteiger partial charge in [0.15, 0.2) is 0 Å². The lowest BCUT2D eigenvalue weighted by molar-refractivity contribution is -0.119. The molecule has 192 valence electrons. The van der Waals surface area contributed by atoms with Crippen molar-refractivity contribution in [3.05, 3.63) is 130 Å². The minimum Gasteiger partial charge on any atom is -0.497 e. The predicted octanol–water partition coefficient (Wildman–Crippen LogP) is 6.75. The van der Waals surface area contributed by atoms with E-state index >= 15 is 0 Å². The number of rotatable bonds is 6. The number of amides is 2. The molecule has 0 radical (unpaired) electrons. The Morgan fingerprint density at radius 1 is 0.947 bits per heavy atom. The molecule has 1 aliphatic rings. The van der Waals surface area contributed by atoms with Crippen LogP contribution in [-0.2, 0) is 11.3 Å². The zero-order chi connectivity index (χ0) is 26.8. The van der Waals surface area contributed by atoms with Crippen molar-refractivity contribution in [2.75, 3.05) is 12.4 Å². The summed E-state index contributed by atoms with van der Waals surface area (Å²) in [6.45, 7) is 0.144. The van der Waals surface area contributed by atoms with E-state index in [0.717, 1.165) is 6.07 Å². The Morgan fingerprint density at radius 3 is 2.32 bits per heavy atom. The van der Waals surface area contributed by atoms with Crippen LogP contribution in [-0.4, -0.2) is 23.8 Å². The molecule has 4 aromatic rings. The largest absolute Gasteiger partial charge is 0.497 e. The third kappa shape index (κ3) is 4.97. The molecule has 0 aromatic heterocycles. The fourth-order valence-electron chi connectivity index (χ4n) is 4.81. The molecule has 2 amide bonds. The Bertz CT molecular complexity index is 1490. The second-order valence-electron chi connectivity index (χ2n) is 8.96. The maximum absolute atomic E-state index is 13.9. The van der Waals surface area contributed by atoms with Crippen molar-refractivity contribution in [2.24, 2.45) is 0 Å². The van der Waals surface area contributed by atoms with Crippen molar-refractivity contribution in [2.45, 2.75) is 18.5 Å². The quantitative estimate of drug-likeness (QED) is 0.299. The minimum atomic E-state index is -0.834. The van der Waals surface area contributed by atoms with Gasteiger partial charge in [0, 0.05) is 12.1 Å². The maximum Gasteiger partial charge on any atom is 0.255 e. The van der Waals surface area contributed by atoms with Crippen molar-refractivity contribution in [1.29, 1.82) is 0 Å². The second kappa shape index (κ2) is 10.6. The number of anilines is 1. The van der Waals surface area contributed by atoms with Gasteiger partial charge in [0.2, 0.25) is 5.91 Å². The Hall–Kier alpha value is -4.23. The number of hydrogen-bond donors (Lipinski definition) is 1. The molecule has 1 aliphatic heterocycles. The van der Waals surface area contributed by atoms with Gasteiger partial charge >= 0.3 is 0 Å². The highest BCUT2D eigenvalue weighted by Crippen LogP contribution is 2.44. The average Bonchev–Trinajstić information content (AvgIpc) is 2.93. The molecule has 5 nitrogen and oxygen atoms in total. The second-order valence-corrected chi connectivity index (χ2v) is 9.36. The number of nitrogens with one attached hydrogen (secondary N) is 1. The smallest absolute Gasteiger partial charge is 0.255 e. The lowest BCUT2D eigenvalue weighted by Crippen LogP contribution is -2.45. The summed E-state index contributed by atoms with van der Waals surface area (Å²) in [4.78, 5) is 29.4. The molecule has 0 aliphatic carbocycles. The molecule has 8 heteroatoms. The molecule has 1 heterocycles. The monoisotopic (exact) mass is 532 g/mol. The fraction of sp³-hybridized carbons (Fsp3) is 0.133. The first-order valence-electron chi connectivity index (χ1n) is 11.9. The standard InChI is InChI=1S/C30H23ClF2N2O3/c1-38-22-13-8-19(9-14-22)28-27(29(36)34-26-15-12-21(33)16-25(26)31)23-4-2-3-5-24(23)30(37)35(28)17-18-6-10-20(32)11-7-18/h2-16,27-28H,17H2,1H3,(H,34,36)/t27-,28-/m1/s1. The summed E-state index contributed by atoms with van der Waals surface area (Å²) in [5, 5.41) is 2.89. The number of ether oxygens (including phenoxy) is 1. The Balaban J connectivity index is 1.64. The summed E-state index contributed by atoms with van der Waals surface area (Å²) >= 11 is 6.21. The van der Waals surface area contributed by atoms with Crippen molar-refractivity contribution in [3.63, 3.8) is 0 Å². The molecule has 0 saturated heterocycles. The minimum absolute atomic E-state index is 0.0580. The van der Waals surface area contributed by atoms with E-state index in [1.807, 2.05) is 12.1 Å². The summed E-state index contributed by atoms with van der Waals surface area (Å²) in [5.74, 6) is -1.79. The van der Waals surface area contributed by atoms with Crippen LogP contribution in [0.4, 0.5) is 14.5 Å². The number of fused-ring (bicyclic) bond motifs is 1. The van der Waals surface area contributed by atoms with Gasteiger partial charge in [-0.3, -0.25) is 9.59 Å². The van der Waals surface area contributed by atoms with E-state index in [4.69, 9.17) is 16.3 Å². The first-order valence-corrected chi connectivity index (χ1v) is 12.3. The summed E-state index contributed by atoms with van der Waals surface area (Å²) < 4.78 is 32.5. The van der Waals surface area contributed by atoms with E-state index < -0.39 is 23.7 Å². The van der Waals surface area contributed by atoms with Gasteiger partial charge in [0.25, 0.3) is 5.91 Å². The topological polar surface area (TPSA) is 58.6 Å². The van der Waals surface area contributed by atoms with E-state index in [9.17, 15) is 18.4 Å². The first-order chi connectivity index (χ1) is 18.4. The molecule has 2 atom stereocenters. The lowest BCUT2D eigenvalue weighted by Gasteiger charge is -2.42. The maximum atomic E-state index is 13.9. The van der Waals surface area contributed by atoms with Crippen LogP contribution in [0.15, 0.2) is 91.0 Å². The van der Waals surface area contributed by atoms with Crippen LogP contribution in [0, 0.1) is 11.6 Å². The summed E-state index contributed by atoms with van der Waals surface area (Å²) in [7, 11) is 1.55. The Morgan fingerprint density at radius 2 is 1.63 bits per heavy atom. The number of methoxy groups -OCH3 is 1. The third-order valence-electron chi connectivity index (χ3n) is 6.63. The molecule has 0 unspecified atom stereocenters. The molecule has 0 bridgehead atoms. The van der Waals surface area contributed by atoms with Gasteiger partial charge in [-0.1, -0.05) is 54.1 Å². The highest BCUT2D eigenvalue weighted by Gasteiger charge is 2.44. The lowest BCUT2D eigenvalue weighted by atomic mass is 9.79. The van der Waals surface area contributed by atoms with E-state index in [-0.39, 0.29) is 29.0 Å². The van der Waals surface area contributed by atoms with Gasteiger partial charge < -0.3 is 15.0 Å². The Kier molecular flexibility index (Phi) is 7.11. The van der Waals surface area contributed by atoms with Crippen LogP contribution in [0.25, 0.3) is 0 Å². The van der Waals surface area contributed by atoms with Crippen molar-refractivity contribution >= 4 is 29.1 Å². The highest BCUT2D eigenvalue weighted by molar-refractivity contribution is 6.33. The van der Waals surface area contributed by atoms with E-state index in [0.29, 0.717) is 28.0 Å². The van der Waals surface area contributed by atoms with Crippen LogP contribution in [0.2, 0.25) is 5.02 Å². The highest BCUT2D eigenvalue weighted by atomic mass is 35.5. The van der Waals surface area contributed by atoms with Crippen LogP contribution in [0.1, 0.15) is 39.0 Å². The summed E-state index contributed by atoms with van der Waals surface area (Å²) in [5.41, 5.74) is 2.62. The van der Waals surface area contributed by atoms with Crippen molar-refractivity contribution in [1.82, 2.24) is 4.90 Å². The van der Waals surface area contributed by atoms with Crippen molar-refractivity contribution < 1.29 is 23.1 Å². The molecular formula is C30H23ClF2N2O3. The van der Waals surface area contributed by atoms with Gasteiger partial charge in [-0.25, -0.2) is 8.78 Å². The van der Waals surface area contributed by atoms with Crippen molar-refractivity contribution in [3.8, 4) is 5.75 Å². The van der Waals surface area contributed by atoms with Gasteiger partial charge in [0.05, 0.1) is 29.8 Å². The fourth-order valence-corrected chi connectivity index (χ4v) is 5.02. The molecular weight excluding hydrogens is 510 g/mol. The first kappa shape index (κ1) is 25.4. The number of carbonyl (C=O) groups is 2. The van der Waals surface area contributed by atoms with Crippen LogP contribution in [0.3, 0.4) is 0 Å². The normalized spacial score (nSPS) is 16.6. The molecule has 0 saturated carbocycles. The third-order valence-corrected chi connectivity index (χ3v) is 6.95. The molecule has 38 heavy (non-hydrogen) atoms. The molecule has 0 fully saturated rings. The number of carbonyl (C=O) groups excluding carboxylic acids is 2. The molecule has 5 rings (SSSR count).